The number of hydrogen-bond donors (Lipinski definition) is 0. The van der Waals surface area contributed by atoms with Crippen molar-refractivity contribution in [2.45, 2.75) is 44.7 Å². The molecule has 0 radical (unpaired) electrons. The summed E-state index contributed by atoms with van der Waals surface area (Å²) in [5, 5.41) is 3.81. The first kappa shape index (κ1) is 22.7. The van der Waals surface area contributed by atoms with Gasteiger partial charge < -0.3 is 4.74 Å². The van der Waals surface area contributed by atoms with Crippen LogP contribution in [0.5, 0.6) is 0 Å². The summed E-state index contributed by atoms with van der Waals surface area (Å²) in [6.07, 6.45) is -10.1. The first-order valence-electron chi connectivity index (χ1n) is 8.98. The molecule has 0 saturated carbocycles. The molecule has 3 heterocycles. The minimum Gasteiger partial charge on any atom is -0.464 e. The van der Waals surface area contributed by atoms with Crippen LogP contribution in [0, 0.1) is 11.7 Å². The number of rotatable bonds is 4. The average Bonchev–Trinajstić information content (AvgIpc) is 2.97. The van der Waals surface area contributed by atoms with Gasteiger partial charge in [-0.1, -0.05) is 0 Å². The Morgan fingerprint density at radius 2 is 1.94 bits per heavy atom. The lowest BCUT2D eigenvalue weighted by molar-refractivity contribution is -0.200. The molecule has 7 nitrogen and oxygen atoms in total. The van der Waals surface area contributed by atoms with E-state index in [1.165, 1.54) is 6.92 Å². The molecule has 2 unspecified atom stereocenters. The first-order chi connectivity index (χ1) is 14.4. The number of carbonyl (C=O) groups is 1. The molecule has 2 aromatic rings. The molecule has 0 spiro atoms. The van der Waals surface area contributed by atoms with Crippen LogP contribution in [0.3, 0.4) is 0 Å². The lowest BCUT2D eigenvalue weighted by Gasteiger charge is -2.31. The maximum Gasteiger partial charge on any atom is 0.436 e. The number of fused-ring (bicyclic) bond motifs is 1. The largest absolute Gasteiger partial charge is 0.464 e. The minimum atomic E-state index is -5.09. The van der Waals surface area contributed by atoms with E-state index in [0.717, 1.165) is 6.07 Å². The van der Waals surface area contributed by atoms with Crippen molar-refractivity contribution in [2.75, 3.05) is 6.61 Å². The van der Waals surface area contributed by atoms with E-state index in [4.69, 9.17) is 0 Å². The van der Waals surface area contributed by atoms with Crippen LogP contribution in [0.2, 0.25) is 0 Å². The van der Waals surface area contributed by atoms with E-state index in [0.29, 0.717) is 15.4 Å². The Hall–Kier alpha value is -2.93. The molecule has 1 aliphatic heterocycles. The number of ether oxygens (including phenoxy) is 1. The number of aryl methyl sites for hydroxylation is 1. The van der Waals surface area contributed by atoms with Gasteiger partial charge in [-0.15, -0.1) is 0 Å². The van der Waals surface area contributed by atoms with Crippen molar-refractivity contribution in [3.63, 3.8) is 0 Å². The van der Waals surface area contributed by atoms with Crippen LogP contribution in [0.4, 0.5) is 30.7 Å². The highest BCUT2D eigenvalue weighted by Gasteiger charge is 2.52. The van der Waals surface area contributed by atoms with Crippen LogP contribution < -0.4 is 5.69 Å². The number of esters is 1. The van der Waals surface area contributed by atoms with E-state index in [-0.39, 0.29) is 18.9 Å². The molecule has 170 valence electrons. The standard InChI is InChI=1S/C17H15F7N4O3/c1-2-31-14(29)12-9(16(19,20)21)3-4-10-26-27(15(30)28(10)12)7-8-5-6-25-13(11(8)18)17(22,23)24/h5-6,9,12H,2-4,7H2,1H3. The third-order valence-corrected chi connectivity index (χ3v) is 4.79. The smallest absolute Gasteiger partial charge is 0.436 e. The zero-order valence-electron chi connectivity index (χ0n) is 15.8. The second-order valence-corrected chi connectivity index (χ2v) is 6.74. The molecule has 0 saturated heterocycles. The van der Waals surface area contributed by atoms with Crippen molar-refractivity contribution in [1.82, 2.24) is 19.3 Å². The molecule has 0 bridgehead atoms. The van der Waals surface area contributed by atoms with E-state index in [9.17, 15) is 40.3 Å². The molecule has 0 fully saturated rings. The Bertz CT molecular complexity index is 1040. The van der Waals surface area contributed by atoms with Crippen LogP contribution in [0.1, 0.15) is 36.5 Å². The second-order valence-electron chi connectivity index (χ2n) is 6.74. The van der Waals surface area contributed by atoms with Crippen LogP contribution in [0.15, 0.2) is 17.1 Å². The number of pyridine rings is 1. The number of halogens is 7. The first-order valence-corrected chi connectivity index (χ1v) is 8.98. The normalized spacial score (nSPS) is 19.2. The van der Waals surface area contributed by atoms with E-state index < -0.39 is 66.0 Å². The summed E-state index contributed by atoms with van der Waals surface area (Å²) in [7, 11) is 0. The zero-order chi connectivity index (χ0) is 23.1. The Morgan fingerprint density at radius 1 is 1.26 bits per heavy atom. The molecule has 3 rings (SSSR count). The molecular weight excluding hydrogens is 441 g/mol. The lowest BCUT2D eigenvalue weighted by atomic mass is 9.90. The highest BCUT2D eigenvalue weighted by atomic mass is 19.4. The minimum absolute atomic E-state index is 0.186. The molecule has 2 atom stereocenters. The van der Waals surface area contributed by atoms with Crippen molar-refractivity contribution in [3.05, 3.63) is 45.6 Å². The van der Waals surface area contributed by atoms with Crippen molar-refractivity contribution in [2.24, 2.45) is 5.92 Å². The van der Waals surface area contributed by atoms with Crippen molar-refractivity contribution in [3.8, 4) is 0 Å². The van der Waals surface area contributed by atoms with Gasteiger partial charge in [0.05, 0.1) is 19.1 Å². The number of alkyl halides is 6. The summed E-state index contributed by atoms with van der Waals surface area (Å²) in [4.78, 5) is 27.9. The van der Waals surface area contributed by atoms with Crippen LogP contribution in [-0.2, 0) is 28.7 Å². The highest BCUT2D eigenvalue weighted by molar-refractivity contribution is 5.75. The fourth-order valence-electron chi connectivity index (χ4n) is 3.45. The quantitative estimate of drug-likeness (QED) is 0.522. The molecule has 31 heavy (non-hydrogen) atoms. The fourth-order valence-corrected chi connectivity index (χ4v) is 3.45. The van der Waals surface area contributed by atoms with E-state index >= 15 is 0 Å². The van der Waals surface area contributed by atoms with Crippen LogP contribution in [0.25, 0.3) is 0 Å². The van der Waals surface area contributed by atoms with Gasteiger partial charge in [-0.05, 0) is 19.4 Å². The number of hydrogen-bond acceptors (Lipinski definition) is 5. The van der Waals surface area contributed by atoms with Gasteiger partial charge in [0.2, 0.25) is 0 Å². The topological polar surface area (TPSA) is 79.0 Å². The Balaban J connectivity index is 2.05. The van der Waals surface area contributed by atoms with Gasteiger partial charge in [-0.2, -0.15) is 31.4 Å². The monoisotopic (exact) mass is 456 g/mol. The molecule has 0 N–H and O–H groups in total. The van der Waals surface area contributed by atoms with E-state index in [1.54, 1.807) is 0 Å². The molecule has 2 aromatic heterocycles. The molecule has 0 aromatic carbocycles. The molecule has 0 amide bonds. The van der Waals surface area contributed by atoms with Gasteiger partial charge in [-0.3, -0.25) is 4.57 Å². The zero-order valence-corrected chi connectivity index (χ0v) is 15.8. The van der Waals surface area contributed by atoms with Crippen molar-refractivity contribution < 1.29 is 40.3 Å². The van der Waals surface area contributed by atoms with Crippen LogP contribution >= 0.6 is 0 Å². The molecule has 0 aliphatic carbocycles. The Labute approximate surface area is 169 Å². The Kier molecular flexibility index (Phi) is 5.84. The summed E-state index contributed by atoms with van der Waals surface area (Å²) in [5.41, 5.74) is -3.60. The maximum atomic E-state index is 14.2. The lowest BCUT2D eigenvalue weighted by Crippen LogP contribution is -2.45. The fraction of sp³-hybridized carbons (Fsp3) is 0.529. The second kappa shape index (κ2) is 7.96. The summed E-state index contributed by atoms with van der Waals surface area (Å²) < 4.78 is 98.9. The Morgan fingerprint density at radius 3 is 2.52 bits per heavy atom. The van der Waals surface area contributed by atoms with Crippen molar-refractivity contribution in [1.29, 1.82) is 0 Å². The van der Waals surface area contributed by atoms with E-state index in [2.05, 4.69) is 14.8 Å². The van der Waals surface area contributed by atoms with E-state index in [1.807, 2.05) is 0 Å². The van der Waals surface area contributed by atoms with Gasteiger partial charge in [-0.25, -0.2) is 23.6 Å². The highest BCUT2D eigenvalue weighted by Crippen LogP contribution is 2.41. The summed E-state index contributed by atoms with van der Waals surface area (Å²) in [6.45, 7) is 0.337. The van der Waals surface area contributed by atoms with Gasteiger partial charge in [0.25, 0.3) is 0 Å². The third kappa shape index (κ3) is 4.28. The predicted octanol–water partition coefficient (Wildman–Crippen LogP) is 2.87. The number of carbonyl (C=O) groups excluding carboxylic acids is 1. The average molecular weight is 456 g/mol. The van der Waals surface area contributed by atoms with Crippen molar-refractivity contribution >= 4 is 5.97 Å². The maximum absolute atomic E-state index is 14.2. The predicted molar refractivity (Wildman–Crippen MR) is 88.3 cm³/mol. The van der Waals surface area contributed by atoms with Crippen LogP contribution in [-0.4, -0.2) is 38.1 Å². The van der Waals surface area contributed by atoms with Gasteiger partial charge in [0.15, 0.2) is 11.5 Å². The molecule has 1 aliphatic rings. The molecule has 14 heteroatoms. The third-order valence-electron chi connectivity index (χ3n) is 4.79. The number of nitrogens with zero attached hydrogens (tertiary/aromatic N) is 4. The van der Waals surface area contributed by atoms with Gasteiger partial charge in [0, 0.05) is 18.2 Å². The van der Waals surface area contributed by atoms with Gasteiger partial charge >= 0.3 is 24.0 Å². The summed E-state index contributed by atoms with van der Waals surface area (Å²) in [6, 6.07) is -1.16. The number of aromatic nitrogens is 4. The summed E-state index contributed by atoms with van der Waals surface area (Å²) >= 11 is 0. The SMILES string of the molecule is CCOC(=O)C1C(C(F)(F)F)CCc2nn(Cc3ccnc(C(F)(F)F)c3F)c(=O)n21. The van der Waals surface area contributed by atoms with Gasteiger partial charge in [0.1, 0.15) is 11.9 Å². The summed E-state index contributed by atoms with van der Waals surface area (Å²) in [5.74, 6) is -5.43. The molecular formula is C17H15F7N4O3.